The minimum absolute atomic E-state index is 0.0689. The lowest BCUT2D eigenvalue weighted by Crippen LogP contribution is -2.36. The Kier molecular flexibility index (Phi) is 4.63. The molecule has 1 N–H and O–H groups in total. The van der Waals surface area contributed by atoms with Crippen LogP contribution in [-0.2, 0) is 7.05 Å². The van der Waals surface area contributed by atoms with Gasteiger partial charge in [0.1, 0.15) is 0 Å². The van der Waals surface area contributed by atoms with Gasteiger partial charge in [-0.1, -0.05) is 6.07 Å². The number of hydrogen-bond donors (Lipinski definition) is 1. The topological polar surface area (TPSA) is 36.3 Å². The van der Waals surface area contributed by atoms with E-state index in [1.165, 1.54) is 5.69 Å². The number of aryl methyl sites for hydroxylation is 1. The highest BCUT2D eigenvalue weighted by atomic mass is 32.1. The first-order valence-corrected chi connectivity index (χ1v) is 8.23. The first-order valence-electron chi connectivity index (χ1n) is 7.82. The average Bonchev–Trinajstić information content (AvgIpc) is 3.09. The van der Waals surface area contributed by atoms with Gasteiger partial charge in [-0.05, 0) is 50.6 Å². The standard InChI is InChI=1S/C17H23N5S/c1-20(2)11-12-22-16(14-8-6-10-21(14)3)15(19-17(22)23)13-7-4-5-9-18-13/h4-10,15-16H,11-12H2,1-3H3,(H,19,23)/t15-,16-/m1/s1. The van der Waals surface area contributed by atoms with E-state index in [4.69, 9.17) is 12.2 Å². The molecule has 3 heterocycles. The molecule has 122 valence electrons. The first-order chi connectivity index (χ1) is 11.1. The molecule has 0 spiro atoms. The predicted octanol–water partition coefficient (Wildman–Crippen LogP) is 1.95. The molecule has 3 rings (SSSR count). The summed E-state index contributed by atoms with van der Waals surface area (Å²) in [7, 11) is 6.25. The van der Waals surface area contributed by atoms with E-state index in [1.54, 1.807) is 0 Å². The van der Waals surface area contributed by atoms with Crippen LogP contribution in [0, 0.1) is 0 Å². The number of aromatic nitrogens is 2. The van der Waals surface area contributed by atoms with Gasteiger partial charge in [0.05, 0.1) is 17.8 Å². The summed E-state index contributed by atoms with van der Waals surface area (Å²) < 4.78 is 2.17. The van der Waals surface area contributed by atoms with Crippen LogP contribution >= 0.6 is 12.2 Å². The molecule has 0 radical (unpaired) electrons. The van der Waals surface area contributed by atoms with Gasteiger partial charge >= 0.3 is 0 Å². The Morgan fingerprint density at radius 3 is 2.70 bits per heavy atom. The number of rotatable bonds is 5. The lowest BCUT2D eigenvalue weighted by molar-refractivity contribution is 0.270. The Bertz CT molecular complexity index is 667. The van der Waals surface area contributed by atoms with E-state index in [-0.39, 0.29) is 12.1 Å². The highest BCUT2D eigenvalue weighted by Crippen LogP contribution is 2.38. The van der Waals surface area contributed by atoms with E-state index in [2.05, 4.69) is 70.2 Å². The van der Waals surface area contributed by atoms with Gasteiger partial charge in [0, 0.05) is 38.2 Å². The highest BCUT2D eigenvalue weighted by molar-refractivity contribution is 7.80. The fourth-order valence-electron chi connectivity index (χ4n) is 3.06. The fourth-order valence-corrected chi connectivity index (χ4v) is 3.39. The zero-order valence-corrected chi connectivity index (χ0v) is 14.6. The molecule has 2 aromatic rings. The van der Waals surface area contributed by atoms with Crippen molar-refractivity contribution < 1.29 is 0 Å². The Morgan fingerprint density at radius 2 is 2.09 bits per heavy atom. The zero-order chi connectivity index (χ0) is 16.4. The third-order valence-corrected chi connectivity index (χ3v) is 4.63. The molecule has 0 amide bonds. The summed E-state index contributed by atoms with van der Waals surface area (Å²) in [5.74, 6) is 0. The molecule has 2 aromatic heterocycles. The maximum Gasteiger partial charge on any atom is 0.170 e. The van der Waals surface area contributed by atoms with Crippen molar-refractivity contribution in [3.8, 4) is 0 Å². The first kappa shape index (κ1) is 16.0. The third kappa shape index (κ3) is 3.23. The fraction of sp³-hybridized carbons (Fsp3) is 0.412. The van der Waals surface area contributed by atoms with Crippen molar-refractivity contribution in [2.75, 3.05) is 27.2 Å². The number of thiocarbonyl (C=S) groups is 1. The van der Waals surface area contributed by atoms with E-state index < -0.39 is 0 Å². The maximum absolute atomic E-state index is 5.62. The molecule has 5 nitrogen and oxygen atoms in total. The van der Waals surface area contributed by atoms with Gasteiger partial charge in [0.15, 0.2) is 5.11 Å². The van der Waals surface area contributed by atoms with Gasteiger partial charge in [-0.25, -0.2) is 0 Å². The molecule has 0 aromatic carbocycles. The Hall–Kier alpha value is -1.92. The van der Waals surface area contributed by atoms with Crippen LogP contribution in [0.2, 0.25) is 0 Å². The molecule has 2 atom stereocenters. The van der Waals surface area contributed by atoms with E-state index in [9.17, 15) is 0 Å². The zero-order valence-electron chi connectivity index (χ0n) is 13.8. The monoisotopic (exact) mass is 329 g/mol. The second kappa shape index (κ2) is 6.68. The smallest absolute Gasteiger partial charge is 0.170 e. The molecular formula is C17H23N5S. The van der Waals surface area contributed by atoms with Crippen LogP contribution in [0.5, 0.6) is 0 Å². The molecular weight excluding hydrogens is 306 g/mol. The number of hydrogen-bond acceptors (Lipinski definition) is 3. The van der Waals surface area contributed by atoms with Crippen molar-refractivity contribution in [2.45, 2.75) is 12.1 Å². The molecule has 1 fully saturated rings. The Balaban J connectivity index is 1.96. The quantitative estimate of drug-likeness (QED) is 0.849. The summed E-state index contributed by atoms with van der Waals surface area (Å²) in [5.41, 5.74) is 2.26. The van der Waals surface area contributed by atoms with Gasteiger partial charge in [-0.15, -0.1) is 0 Å². The SMILES string of the molecule is CN(C)CCN1C(=S)N[C@H](c2ccccn2)[C@H]1c1cccn1C. The van der Waals surface area contributed by atoms with Crippen LogP contribution in [0.15, 0.2) is 42.7 Å². The van der Waals surface area contributed by atoms with Gasteiger partial charge in [-0.2, -0.15) is 0 Å². The second-order valence-electron chi connectivity index (χ2n) is 6.17. The molecule has 23 heavy (non-hydrogen) atoms. The second-order valence-corrected chi connectivity index (χ2v) is 6.55. The van der Waals surface area contributed by atoms with Crippen LogP contribution in [0.3, 0.4) is 0 Å². The summed E-state index contributed by atoms with van der Waals surface area (Å²) >= 11 is 5.62. The third-order valence-electron chi connectivity index (χ3n) is 4.27. The Labute approximate surface area is 142 Å². The molecule has 1 aliphatic rings. The Morgan fingerprint density at radius 1 is 1.26 bits per heavy atom. The summed E-state index contributed by atoms with van der Waals surface area (Å²) in [6.45, 7) is 1.84. The van der Waals surface area contributed by atoms with Crippen LogP contribution in [0.1, 0.15) is 23.5 Å². The lowest BCUT2D eigenvalue weighted by Gasteiger charge is -2.29. The normalized spacial score (nSPS) is 21.0. The molecule has 0 saturated carbocycles. The van der Waals surface area contributed by atoms with Crippen molar-refractivity contribution >= 4 is 17.3 Å². The number of pyridine rings is 1. The summed E-state index contributed by atoms with van der Waals surface area (Å²) in [5, 5.41) is 4.27. The highest BCUT2D eigenvalue weighted by Gasteiger charge is 2.40. The molecule has 1 aliphatic heterocycles. The minimum Gasteiger partial charge on any atom is -0.353 e. The van der Waals surface area contributed by atoms with Gasteiger partial charge in [0.25, 0.3) is 0 Å². The lowest BCUT2D eigenvalue weighted by atomic mass is 10.0. The summed E-state index contributed by atoms with van der Waals surface area (Å²) in [6.07, 6.45) is 3.92. The van der Waals surface area contributed by atoms with Crippen molar-refractivity contribution in [2.24, 2.45) is 7.05 Å². The molecule has 6 heteroatoms. The molecule has 0 aliphatic carbocycles. The van der Waals surface area contributed by atoms with Crippen LogP contribution < -0.4 is 5.32 Å². The van der Waals surface area contributed by atoms with E-state index in [0.717, 1.165) is 23.9 Å². The predicted molar refractivity (Wildman–Crippen MR) is 96.1 cm³/mol. The summed E-state index contributed by atoms with van der Waals surface area (Å²) in [6, 6.07) is 10.5. The van der Waals surface area contributed by atoms with E-state index in [0.29, 0.717) is 0 Å². The van der Waals surface area contributed by atoms with Gasteiger partial charge in [-0.3, -0.25) is 4.98 Å². The largest absolute Gasteiger partial charge is 0.353 e. The molecule has 1 saturated heterocycles. The van der Waals surface area contributed by atoms with Crippen molar-refractivity contribution in [1.29, 1.82) is 0 Å². The van der Waals surface area contributed by atoms with Crippen molar-refractivity contribution in [1.82, 2.24) is 24.7 Å². The van der Waals surface area contributed by atoms with Crippen LogP contribution in [0.4, 0.5) is 0 Å². The number of nitrogens with one attached hydrogen (secondary N) is 1. The van der Waals surface area contributed by atoms with Crippen molar-refractivity contribution in [3.63, 3.8) is 0 Å². The average molecular weight is 329 g/mol. The minimum atomic E-state index is 0.0689. The van der Waals surface area contributed by atoms with Crippen molar-refractivity contribution in [3.05, 3.63) is 54.1 Å². The maximum atomic E-state index is 5.62. The number of likely N-dealkylation sites (N-methyl/N-ethyl adjacent to an activating group) is 1. The van der Waals surface area contributed by atoms with Crippen LogP contribution in [0.25, 0.3) is 0 Å². The molecule has 0 bridgehead atoms. The number of nitrogens with zero attached hydrogens (tertiary/aromatic N) is 4. The van der Waals surface area contributed by atoms with Gasteiger partial charge < -0.3 is 19.7 Å². The molecule has 0 unspecified atom stereocenters. The van der Waals surface area contributed by atoms with Gasteiger partial charge in [0.2, 0.25) is 0 Å². The van der Waals surface area contributed by atoms with E-state index >= 15 is 0 Å². The van der Waals surface area contributed by atoms with Crippen LogP contribution in [-0.4, -0.2) is 51.6 Å². The summed E-state index contributed by atoms with van der Waals surface area (Å²) in [4.78, 5) is 9.01. The van der Waals surface area contributed by atoms with E-state index in [1.807, 2.05) is 18.3 Å².